The van der Waals surface area contributed by atoms with Crippen molar-refractivity contribution in [3.63, 3.8) is 0 Å². The van der Waals surface area contributed by atoms with Gasteiger partial charge in [0.15, 0.2) is 0 Å². The molecule has 3 rings (SSSR count). The highest BCUT2D eigenvalue weighted by Crippen LogP contribution is 2.59. The molecule has 2 fully saturated rings. The number of nitrogens with zero attached hydrogens (tertiary/aromatic N) is 2. The van der Waals surface area contributed by atoms with Crippen LogP contribution in [0, 0.1) is 17.3 Å². The number of rotatable bonds is 4. The summed E-state index contributed by atoms with van der Waals surface area (Å²) >= 11 is 1.52. The Kier molecular flexibility index (Phi) is 3.20. The van der Waals surface area contributed by atoms with Crippen LogP contribution >= 0.6 is 11.3 Å². The Hall–Kier alpha value is -1.23. The highest BCUT2D eigenvalue weighted by atomic mass is 32.1. The summed E-state index contributed by atoms with van der Waals surface area (Å²) in [6, 6.07) is 0. The molecule has 0 bridgehead atoms. The second-order valence-corrected chi connectivity index (χ2v) is 7.79. The van der Waals surface area contributed by atoms with E-state index in [4.69, 9.17) is 0 Å². The minimum atomic E-state index is 0.0469. The van der Waals surface area contributed by atoms with E-state index < -0.39 is 0 Å². The SMILES string of the molecule is CC(C)=CC1C(C(=O)Nc2nnc(C3CC3)s2)C1(C)C. The fourth-order valence-electron chi connectivity index (χ4n) is 2.81. The van der Waals surface area contributed by atoms with Gasteiger partial charge < -0.3 is 5.32 Å². The van der Waals surface area contributed by atoms with Crippen molar-refractivity contribution < 1.29 is 4.79 Å². The van der Waals surface area contributed by atoms with Gasteiger partial charge in [-0.2, -0.15) is 0 Å². The van der Waals surface area contributed by atoms with E-state index in [-0.39, 0.29) is 17.2 Å². The molecule has 2 unspecified atom stereocenters. The van der Waals surface area contributed by atoms with Gasteiger partial charge >= 0.3 is 0 Å². The molecule has 1 aromatic heterocycles. The maximum atomic E-state index is 12.4. The van der Waals surface area contributed by atoms with E-state index in [2.05, 4.69) is 49.3 Å². The van der Waals surface area contributed by atoms with E-state index in [9.17, 15) is 4.79 Å². The van der Waals surface area contributed by atoms with Gasteiger partial charge in [-0.3, -0.25) is 4.79 Å². The number of aromatic nitrogens is 2. The zero-order valence-electron chi connectivity index (χ0n) is 12.4. The van der Waals surface area contributed by atoms with E-state index in [1.807, 2.05) is 0 Å². The summed E-state index contributed by atoms with van der Waals surface area (Å²) in [5.74, 6) is 1.05. The second-order valence-electron chi connectivity index (χ2n) is 6.78. The lowest BCUT2D eigenvalue weighted by Crippen LogP contribution is -2.16. The van der Waals surface area contributed by atoms with Crippen molar-refractivity contribution in [3.05, 3.63) is 16.7 Å². The standard InChI is InChI=1S/C15H21N3OS/c1-8(2)7-10-11(15(10,3)4)12(19)16-14-18-17-13(20-14)9-5-6-9/h7,9-11H,5-6H2,1-4H3,(H,16,18,19). The fourth-order valence-corrected chi connectivity index (χ4v) is 3.73. The Morgan fingerprint density at radius 2 is 2.05 bits per heavy atom. The second kappa shape index (κ2) is 4.65. The molecule has 0 spiro atoms. The highest BCUT2D eigenvalue weighted by molar-refractivity contribution is 7.15. The molecule has 0 aromatic carbocycles. The van der Waals surface area contributed by atoms with Crippen molar-refractivity contribution in [2.45, 2.75) is 46.5 Å². The van der Waals surface area contributed by atoms with Crippen molar-refractivity contribution in [2.75, 3.05) is 5.32 Å². The summed E-state index contributed by atoms with van der Waals surface area (Å²) in [5, 5.41) is 12.9. The Balaban J connectivity index is 1.65. The Bertz CT molecular complexity index is 567. The molecule has 0 saturated heterocycles. The molecule has 2 atom stereocenters. The van der Waals surface area contributed by atoms with Crippen molar-refractivity contribution in [3.8, 4) is 0 Å². The molecular formula is C15H21N3OS. The van der Waals surface area contributed by atoms with Crippen LogP contribution in [0.5, 0.6) is 0 Å². The number of nitrogens with one attached hydrogen (secondary N) is 1. The van der Waals surface area contributed by atoms with E-state index in [1.54, 1.807) is 0 Å². The van der Waals surface area contributed by atoms with E-state index in [0.717, 1.165) is 5.01 Å². The average molecular weight is 291 g/mol. The smallest absolute Gasteiger partial charge is 0.230 e. The predicted molar refractivity (Wildman–Crippen MR) is 80.7 cm³/mol. The molecule has 2 saturated carbocycles. The molecule has 2 aliphatic rings. The molecule has 1 amide bonds. The van der Waals surface area contributed by atoms with Gasteiger partial charge in [-0.15, -0.1) is 10.2 Å². The third kappa shape index (κ3) is 2.51. The van der Waals surface area contributed by atoms with Gasteiger partial charge in [0.05, 0.1) is 5.92 Å². The number of amides is 1. The van der Waals surface area contributed by atoms with Crippen LogP contribution < -0.4 is 5.32 Å². The minimum absolute atomic E-state index is 0.0469. The van der Waals surface area contributed by atoms with Gasteiger partial charge in [0.2, 0.25) is 11.0 Å². The summed E-state index contributed by atoms with van der Waals surface area (Å²) in [7, 11) is 0. The summed E-state index contributed by atoms with van der Waals surface area (Å²) in [6.07, 6.45) is 4.63. The lowest BCUT2D eigenvalue weighted by atomic mass is 10.1. The van der Waals surface area contributed by atoms with Crippen LogP contribution in [0.15, 0.2) is 11.6 Å². The summed E-state index contributed by atoms with van der Waals surface area (Å²) in [5.41, 5.74) is 1.32. The zero-order valence-corrected chi connectivity index (χ0v) is 13.3. The first-order valence-electron chi connectivity index (χ1n) is 7.19. The van der Waals surface area contributed by atoms with Crippen LogP contribution in [0.3, 0.4) is 0 Å². The Morgan fingerprint density at radius 1 is 1.35 bits per heavy atom. The van der Waals surface area contributed by atoms with Crippen LogP contribution in [0.25, 0.3) is 0 Å². The molecule has 5 heteroatoms. The largest absolute Gasteiger partial charge is 0.300 e. The Morgan fingerprint density at radius 3 is 2.65 bits per heavy atom. The molecule has 108 valence electrons. The van der Waals surface area contributed by atoms with Crippen molar-refractivity contribution >= 4 is 22.4 Å². The van der Waals surface area contributed by atoms with Gasteiger partial charge in [-0.25, -0.2) is 0 Å². The van der Waals surface area contributed by atoms with E-state index in [1.165, 1.54) is 29.8 Å². The predicted octanol–water partition coefficient (Wildman–Crippen LogP) is 3.59. The molecule has 1 heterocycles. The molecule has 0 aliphatic heterocycles. The monoisotopic (exact) mass is 291 g/mol. The number of carbonyl (C=O) groups excluding carboxylic acids is 1. The quantitative estimate of drug-likeness (QED) is 0.862. The van der Waals surface area contributed by atoms with Crippen molar-refractivity contribution in [1.82, 2.24) is 10.2 Å². The van der Waals surface area contributed by atoms with Crippen LogP contribution in [-0.4, -0.2) is 16.1 Å². The van der Waals surface area contributed by atoms with E-state index >= 15 is 0 Å². The maximum absolute atomic E-state index is 12.4. The van der Waals surface area contributed by atoms with Crippen LogP contribution in [-0.2, 0) is 4.79 Å². The highest BCUT2D eigenvalue weighted by Gasteiger charge is 2.60. The average Bonchev–Trinajstić information content (AvgIpc) is 3.20. The molecular weight excluding hydrogens is 270 g/mol. The van der Waals surface area contributed by atoms with Crippen LogP contribution in [0.1, 0.15) is 51.5 Å². The summed E-state index contributed by atoms with van der Waals surface area (Å²) in [6.45, 7) is 8.46. The maximum Gasteiger partial charge on any atom is 0.230 e. The first kappa shape index (κ1) is 13.7. The third-order valence-electron chi connectivity index (χ3n) is 4.30. The first-order chi connectivity index (χ1) is 9.39. The number of carbonyl (C=O) groups is 1. The van der Waals surface area contributed by atoms with E-state index in [0.29, 0.717) is 17.0 Å². The minimum Gasteiger partial charge on any atom is -0.300 e. The van der Waals surface area contributed by atoms with Gasteiger partial charge in [0, 0.05) is 5.92 Å². The number of hydrogen-bond acceptors (Lipinski definition) is 4. The summed E-state index contributed by atoms with van der Waals surface area (Å²) < 4.78 is 0. The van der Waals surface area contributed by atoms with Gasteiger partial charge in [-0.05, 0) is 38.0 Å². The first-order valence-corrected chi connectivity index (χ1v) is 8.00. The number of allylic oxidation sites excluding steroid dienone is 2. The lowest BCUT2D eigenvalue weighted by molar-refractivity contribution is -0.118. The third-order valence-corrected chi connectivity index (χ3v) is 5.30. The zero-order chi connectivity index (χ0) is 14.5. The molecule has 20 heavy (non-hydrogen) atoms. The van der Waals surface area contributed by atoms with Crippen molar-refractivity contribution in [2.24, 2.45) is 17.3 Å². The Labute approximate surface area is 123 Å². The summed E-state index contributed by atoms with van der Waals surface area (Å²) in [4.78, 5) is 12.4. The van der Waals surface area contributed by atoms with Gasteiger partial charge in [-0.1, -0.05) is 36.8 Å². The molecule has 1 N–H and O–H groups in total. The lowest BCUT2D eigenvalue weighted by Gasteiger charge is -2.01. The normalized spacial score (nSPS) is 27.0. The number of hydrogen-bond donors (Lipinski definition) is 1. The molecule has 4 nitrogen and oxygen atoms in total. The van der Waals surface area contributed by atoms with Gasteiger partial charge in [0.1, 0.15) is 5.01 Å². The molecule has 0 radical (unpaired) electrons. The van der Waals surface area contributed by atoms with Crippen LogP contribution in [0.4, 0.5) is 5.13 Å². The fraction of sp³-hybridized carbons (Fsp3) is 0.667. The molecule has 1 aromatic rings. The van der Waals surface area contributed by atoms with Gasteiger partial charge in [0.25, 0.3) is 0 Å². The number of anilines is 1. The topological polar surface area (TPSA) is 54.9 Å². The molecule has 2 aliphatic carbocycles. The van der Waals surface area contributed by atoms with Crippen LogP contribution in [0.2, 0.25) is 0 Å². The van der Waals surface area contributed by atoms with Crippen molar-refractivity contribution in [1.29, 1.82) is 0 Å².